The predicted molar refractivity (Wildman–Crippen MR) is 95.6 cm³/mol. The van der Waals surface area contributed by atoms with Gasteiger partial charge in [-0.25, -0.2) is 9.18 Å². The molecule has 3 aromatic rings. The Morgan fingerprint density at radius 3 is 2.67 bits per heavy atom. The van der Waals surface area contributed by atoms with Gasteiger partial charge in [0.05, 0.1) is 7.11 Å². The van der Waals surface area contributed by atoms with Crippen LogP contribution in [0.5, 0.6) is 5.75 Å². The maximum atomic E-state index is 13.8. The average Bonchev–Trinajstić information content (AvgIpc) is 3.03. The predicted octanol–water partition coefficient (Wildman–Crippen LogP) is 2.31. The molecule has 27 heavy (non-hydrogen) atoms. The van der Waals surface area contributed by atoms with Crippen LogP contribution in [-0.2, 0) is 17.9 Å². The van der Waals surface area contributed by atoms with E-state index >= 15 is 0 Å². The zero-order valence-corrected chi connectivity index (χ0v) is 14.9. The second-order valence-corrected chi connectivity index (χ2v) is 5.92. The number of carbonyl (C=O) groups excluding carboxylic acids is 1. The van der Waals surface area contributed by atoms with Crippen LogP contribution >= 0.6 is 0 Å². The molecule has 0 fully saturated rings. The Hall–Kier alpha value is -3.42. The van der Waals surface area contributed by atoms with E-state index in [0.29, 0.717) is 11.1 Å². The molecular weight excluding hydrogens is 353 g/mol. The zero-order chi connectivity index (χ0) is 19.4. The van der Waals surface area contributed by atoms with E-state index < -0.39 is 11.6 Å². The Labute approximate surface area is 154 Å². The minimum atomic E-state index is -0.717. The lowest BCUT2D eigenvalue weighted by molar-refractivity contribution is -0.131. The van der Waals surface area contributed by atoms with E-state index in [0.717, 1.165) is 4.68 Å². The zero-order valence-electron chi connectivity index (χ0n) is 14.9. The Bertz CT molecular complexity index is 998. The molecule has 3 rings (SSSR count). The quantitative estimate of drug-likeness (QED) is 0.665. The van der Waals surface area contributed by atoms with Crippen molar-refractivity contribution < 1.29 is 18.3 Å². The lowest BCUT2D eigenvalue weighted by Crippen LogP contribution is -2.33. The van der Waals surface area contributed by atoms with Crippen molar-refractivity contribution in [3.63, 3.8) is 0 Å². The summed E-state index contributed by atoms with van der Waals surface area (Å²) in [6.45, 7) is -0.0950. The average molecular weight is 371 g/mol. The third kappa shape index (κ3) is 4.22. The van der Waals surface area contributed by atoms with Gasteiger partial charge in [0, 0.05) is 19.2 Å². The van der Waals surface area contributed by atoms with Crippen molar-refractivity contribution in [3.05, 3.63) is 70.5 Å². The second-order valence-electron chi connectivity index (χ2n) is 5.92. The van der Waals surface area contributed by atoms with Gasteiger partial charge in [-0.1, -0.05) is 24.3 Å². The summed E-state index contributed by atoms with van der Waals surface area (Å²) in [4.78, 5) is 25.7. The highest BCUT2D eigenvalue weighted by molar-refractivity contribution is 5.75. The Morgan fingerprint density at radius 1 is 1.26 bits per heavy atom. The van der Waals surface area contributed by atoms with Gasteiger partial charge >= 0.3 is 5.76 Å². The van der Waals surface area contributed by atoms with Gasteiger partial charge in [-0.2, -0.15) is 4.68 Å². The van der Waals surface area contributed by atoms with E-state index in [4.69, 9.17) is 9.15 Å². The van der Waals surface area contributed by atoms with Crippen LogP contribution in [-0.4, -0.2) is 34.7 Å². The number of hydrogen-bond acceptors (Lipinski definition) is 5. The van der Waals surface area contributed by atoms with Gasteiger partial charge in [0.2, 0.25) is 11.8 Å². The van der Waals surface area contributed by atoms with Gasteiger partial charge in [0.15, 0.2) is 11.6 Å². The number of aromatic nitrogens is 2. The Balaban J connectivity index is 1.69. The van der Waals surface area contributed by atoms with Crippen LogP contribution in [0.2, 0.25) is 0 Å². The standard InChI is InChI=1S/C19H18FN3O4/c1-22(11-13-8-9-16(26-2)15(20)10-13)17(24)12-23-19(25)27-18(21-23)14-6-4-3-5-7-14/h3-10H,11-12H2,1-2H3. The molecule has 2 aromatic carbocycles. The number of ether oxygens (including phenoxy) is 1. The van der Waals surface area contributed by atoms with Gasteiger partial charge < -0.3 is 14.1 Å². The monoisotopic (exact) mass is 371 g/mol. The van der Waals surface area contributed by atoms with E-state index in [2.05, 4.69) is 5.10 Å². The van der Waals surface area contributed by atoms with Crippen molar-refractivity contribution in [2.75, 3.05) is 14.2 Å². The summed E-state index contributed by atoms with van der Waals surface area (Å²) >= 11 is 0. The van der Waals surface area contributed by atoms with Crippen LogP contribution in [0.4, 0.5) is 4.39 Å². The number of likely N-dealkylation sites (N-methyl/N-ethyl adjacent to an activating group) is 1. The van der Waals surface area contributed by atoms with Crippen molar-refractivity contribution >= 4 is 5.91 Å². The summed E-state index contributed by atoms with van der Waals surface area (Å²) in [6.07, 6.45) is 0. The summed E-state index contributed by atoms with van der Waals surface area (Å²) in [6, 6.07) is 13.4. The molecule has 8 heteroatoms. The molecule has 1 heterocycles. The van der Waals surface area contributed by atoms with Gasteiger partial charge in [-0.15, -0.1) is 5.10 Å². The maximum absolute atomic E-state index is 13.8. The molecule has 0 aliphatic carbocycles. The van der Waals surface area contributed by atoms with Crippen molar-refractivity contribution in [2.45, 2.75) is 13.1 Å². The maximum Gasteiger partial charge on any atom is 0.437 e. The molecule has 1 aromatic heterocycles. The third-order valence-corrected chi connectivity index (χ3v) is 3.97. The first kappa shape index (κ1) is 18.4. The fourth-order valence-electron chi connectivity index (χ4n) is 2.52. The molecule has 0 saturated heterocycles. The van der Waals surface area contributed by atoms with Crippen LogP contribution in [0.25, 0.3) is 11.5 Å². The lowest BCUT2D eigenvalue weighted by Gasteiger charge is -2.17. The molecule has 0 aliphatic rings. The summed E-state index contributed by atoms with van der Waals surface area (Å²) < 4.78 is 24.7. The first-order valence-corrected chi connectivity index (χ1v) is 8.17. The van der Waals surface area contributed by atoms with Gasteiger partial charge in [0.25, 0.3) is 0 Å². The van der Waals surface area contributed by atoms with E-state index in [-0.39, 0.29) is 30.6 Å². The normalized spacial score (nSPS) is 10.6. The SMILES string of the molecule is COc1ccc(CN(C)C(=O)Cn2nc(-c3ccccc3)oc2=O)cc1F. The molecule has 1 amide bonds. The summed E-state index contributed by atoms with van der Waals surface area (Å²) in [7, 11) is 2.95. The van der Waals surface area contributed by atoms with E-state index in [1.54, 1.807) is 37.4 Å². The highest BCUT2D eigenvalue weighted by Gasteiger charge is 2.16. The Morgan fingerprint density at radius 2 is 2.00 bits per heavy atom. The highest BCUT2D eigenvalue weighted by Crippen LogP contribution is 2.18. The highest BCUT2D eigenvalue weighted by atomic mass is 19.1. The number of halogens is 1. The minimum absolute atomic E-state index is 0.135. The first-order chi connectivity index (χ1) is 13.0. The second kappa shape index (κ2) is 7.86. The first-order valence-electron chi connectivity index (χ1n) is 8.17. The van der Waals surface area contributed by atoms with Gasteiger partial charge in [-0.3, -0.25) is 4.79 Å². The number of hydrogen-bond donors (Lipinski definition) is 0. The number of amides is 1. The number of rotatable bonds is 6. The van der Waals surface area contributed by atoms with E-state index in [9.17, 15) is 14.0 Å². The fraction of sp³-hybridized carbons (Fsp3) is 0.211. The molecule has 140 valence electrons. The van der Waals surface area contributed by atoms with Gasteiger partial charge in [0.1, 0.15) is 6.54 Å². The Kier molecular flexibility index (Phi) is 5.35. The molecule has 7 nitrogen and oxygen atoms in total. The smallest absolute Gasteiger partial charge is 0.437 e. The van der Waals surface area contributed by atoms with Crippen LogP contribution in [0, 0.1) is 5.82 Å². The largest absolute Gasteiger partial charge is 0.494 e. The van der Waals surface area contributed by atoms with Crippen molar-refractivity contribution in [2.24, 2.45) is 0 Å². The summed E-state index contributed by atoms with van der Waals surface area (Å²) in [5.41, 5.74) is 1.24. The summed E-state index contributed by atoms with van der Waals surface area (Å²) in [5.74, 6) is -1.30. The number of nitrogens with zero attached hydrogens (tertiary/aromatic N) is 3. The van der Waals surface area contributed by atoms with Gasteiger partial charge in [-0.05, 0) is 29.8 Å². The van der Waals surface area contributed by atoms with Crippen molar-refractivity contribution in [1.29, 1.82) is 0 Å². The fourth-order valence-corrected chi connectivity index (χ4v) is 2.52. The van der Waals surface area contributed by atoms with Crippen LogP contribution < -0.4 is 10.5 Å². The number of carbonyl (C=O) groups is 1. The van der Waals surface area contributed by atoms with Crippen LogP contribution in [0.3, 0.4) is 0 Å². The minimum Gasteiger partial charge on any atom is -0.494 e. The molecular formula is C19H18FN3O4. The van der Waals surface area contributed by atoms with Crippen LogP contribution in [0.1, 0.15) is 5.56 Å². The van der Waals surface area contributed by atoms with Crippen molar-refractivity contribution in [1.82, 2.24) is 14.7 Å². The van der Waals surface area contributed by atoms with E-state index in [1.807, 2.05) is 6.07 Å². The molecule has 0 atom stereocenters. The molecule has 0 aliphatic heterocycles. The van der Waals surface area contributed by atoms with Crippen LogP contribution in [0.15, 0.2) is 57.7 Å². The van der Waals surface area contributed by atoms with E-state index in [1.165, 1.54) is 24.1 Å². The lowest BCUT2D eigenvalue weighted by atomic mass is 10.2. The number of methoxy groups -OCH3 is 1. The molecule has 0 saturated carbocycles. The molecule has 0 radical (unpaired) electrons. The number of benzene rings is 2. The molecule has 0 spiro atoms. The molecule has 0 N–H and O–H groups in total. The topological polar surface area (TPSA) is 77.6 Å². The third-order valence-electron chi connectivity index (χ3n) is 3.97. The summed E-state index contributed by atoms with van der Waals surface area (Å²) in [5, 5.41) is 4.06. The molecule has 0 bridgehead atoms. The molecule has 0 unspecified atom stereocenters. The van der Waals surface area contributed by atoms with Crippen molar-refractivity contribution in [3.8, 4) is 17.2 Å².